The first kappa shape index (κ1) is 14.0. The van der Waals surface area contributed by atoms with Crippen LogP contribution in [-0.4, -0.2) is 26.9 Å². The number of halogens is 2. The molecule has 2 unspecified atom stereocenters. The Labute approximate surface area is 129 Å². The maximum Gasteiger partial charge on any atom is 0.261 e. The molecule has 2 atom stereocenters. The van der Waals surface area contributed by atoms with Gasteiger partial charge in [0.05, 0.1) is 27.9 Å². The van der Waals surface area contributed by atoms with Crippen LogP contribution in [0.1, 0.15) is 24.0 Å². The van der Waals surface area contributed by atoms with E-state index in [9.17, 15) is 10.1 Å². The van der Waals surface area contributed by atoms with Crippen LogP contribution in [0, 0.1) is 10.1 Å². The van der Waals surface area contributed by atoms with Crippen molar-refractivity contribution in [1.82, 2.24) is 10.2 Å². The molecule has 0 spiro atoms. The van der Waals surface area contributed by atoms with Gasteiger partial charge in [-0.15, -0.1) is 0 Å². The van der Waals surface area contributed by atoms with Gasteiger partial charge in [0.15, 0.2) is 5.82 Å². The zero-order valence-corrected chi connectivity index (χ0v) is 12.4. The average Bonchev–Trinajstić information content (AvgIpc) is 2.88. The standard InChI is InChI=1S/C13H10Cl2N4O2/c1-6-12(19(20)21)10(8-5-16-18-13(8)17-6)7-3-2-4-9(14)11(7)15/h2-5,10,12H,1H3,(H,16,18). The summed E-state index contributed by atoms with van der Waals surface area (Å²) >= 11 is 12.3. The summed E-state index contributed by atoms with van der Waals surface area (Å²) in [7, 11) is 0. The molecular weight excluding hydrogens is 315 g/mol. The molecule has 0 fully saturated rings. The first-order valence-electron chi connectivity index (χ1n) is 6.16. The number of fused-ring (bicyclic) bond motifs is 1. The third-order valence-corrected chi connectivity index (χ3v) is 4.39. The van der Waals surface area contributed by atoms with Gasteiger partial charge in [-0.3, -0.25) is 15.2 Å². The highest BCUT2D eigenvalue weighted by Crippen LogP contribution is 2.42. The molecule has 21 heavy (non-hydrogen) atoms. The van der Waals surface area contributed by atoms with Gasteiger partial charge < -0.3 is 0 Å². The molecule has 0 radical (unpaired) electrons. The number of aromatic amines is 1. The van der Waals surface area contributed by atoms with E-state index in [-0.39, 0.29) is 4.92 Å². The molecule has 0 aliphatic carbocycles. The molecule has 1 aliphatic heterocycles. The molecule has 8 heteroatoms. The van der Waals surface area contributed by atoms with E-state index >= 15 is 0 Å². The number of rotatable bonds is 2. The van der Waals surface area contributed by atoms with Crippen LogP contribution in [0.15, 0.2) is 29.4 Å². The lowest BCUT2D eigenvalue weighted by Crippen LogP contribution is -2.36. The monoisotopic (exact) mass is 324 g/mol. The van der Waals surface area contributed by atoms with Crippen molar-refractivity contribution in [3.05, 3.63) is 55.7 Å². The lowest BCUT2D eigenvalue weighted by molar-refractivity contribution is -0.505. The van der Waals surface area contributed by atoms with Crippen LogP contribution in [0.5, 0.6) is 0 Å². The van der Waals surface area contributed by atoms with Crippen LogP contribution in [0.2, 0.25) is 10.0 Å². The summed E-state index contributed by atoms with van der Waals surface area (Å²) in [4.78, 5) is 15.4. The van der Waals surface area contributed by atoms with Crippen LogP contribution < -0.4 is 0 Å². The van der Waals surface area contributed by atoms with Gasteiger partial charge in [0, 0.05) is 10.5 Å². The van der Waals surface area contributed by atoms with Gasteiger partial charge in [-0.25, -0.2) is 4.99 Å². The van der Waals surface area contributed by atoms with Crippen molar-refractivity contribution < 1.29 is 4.92 Å². The second-order valence-electron chi connectivity index (χ2n) is 4.78. The Kier molecular flexibility index (Phi) is 3.43. The zero-order chi connectivity index (χ0) is 15.1. The van der Waals surface area contributed by atoms with Crippen molar-refractivity contribution in [2.24, 2.45) is 4.99 Å². The fourth-order valence-corrected chi connectivity index (χ4v) is 3.06. The molecule has 0 amide bonds. The van der Waals surface area contributed by atoms with Crippen LogP contribution in [-0.2, 0) is 0 Å². The van der Waals surface area contributed by atoms with Crippen molar-refractivity contribution in [3.63, 3.8) is 0 Å². The summed E-state index contributed by atoms with van der Waals surface area (Å²) in [5, 5.41) is 18.8. The predicted molar refractivity (Wildman–Crippen MR) is 80.4 cm³/mol. The summed E-state index contributed by atoms with van der Waals surface area (Å²) < 4.78 is 0. The van der Waals surface area contributed by atoms with E-state index in [1.54, 1.807) is 31.3 Å². The summed E-state index contributed by atoms with van der Waals surface area (Å²) in [6.07, 6.45) is 1.55. The summed E-state index contributed by atoms with van der Waals surface area (Å²) in [6, 6.07) is 4.12. The molecule has 0 bridgehead atoms. The molecule has 2 aromatic rings. The number of nitrogens with one attached hydrogen (secondary N) is 1. The number of benzene rings is 1. The Balaban J connectivity index is 2.24. The van der Waals surface area contributed by atoms with Gasteiger partial charge in [-0.1, -0.05) is 35.3 Å². The maximum absolute atomic E-state index is 11.5. The zero-order valence-electron chi connectivity index (χ0n) is 10.9. The molecule has 1 aromatic heterocycles. The van der Waals surface area contributed by atoms with E-state index < -0.39 is 12.0 Å². The number of hydrogen-bond acceptors (Lipinski definition) is 4. The highest BCUT2D eigenvalue weighted by Gasteiger charge is 2.42. The van der Waals surface area contributed by atoms with Crippen molar-refractivity contribution >= 4 is 34.7 Å². The van der Waals surface area contributed by atoms with Gasteiger partial charge in [-0.2, -0.15) is 5.10 Å². The minimum absolute atomic E-state index is 0.317. The van der Waals surface area contributed by atoms with Crippen molar-refractivity contribution in [1.29, 1.82) is 0 Å². The molecule has 3 rings (SSSR count). The Morgan fingerprint density at radius 1 is 1.33 bits per heavy atom. The third kappa shape index (κ3) is 2.20. The van der Waals surface area contributed by atoms with Gasteiger partial charge in [0.1, 0.15) is 0 Å². The highest BCUT2D eigenvalue weighted by atomic mass is 35.5. The molecule has 108 valence electrons. The topological polar surface area (TPSA) is 84.2 Å². The first-order chi connectivity index (χ1) is 10.0. The smallest absolute Gasteiger partial charge is 0.261 e. The quantitative estimate of drug-likeness (QED) is 0.676. The normalized spacial score (nSPS) is 20.8. The second-order valence-corrected chi connectivity index (χ2v) is 5.56. The minimum Gasteiger partial charge on any atom is -0.264 e. The second kappa shape index (κ2) is 5.13. The minimum atomic E-state index is -0.994. The molecular formula is C13H10Cl2N4O2. The molecule has 1 N–H and O–H groups in total. The SMILES string of the molecule is CC1=Nc2[nH]ncc2C(c2cccc(Cl)c2Cl)C1[N+](=O)[O-]. The maximum atomic E-state index is 11.5. The van der Waals surface area contributed by atoms with Crippen molar-refractivity contribution in [2.45, 2.75) is 18.9 Å². The largest absolute Gasteiger partial charge is 0.264 e. The highest BCUT2D eigenvalue weighted by molar-refractivity contribution is 6.42. The van der Waals surface area contributed by atoms with E-state index in [2.05, 4.69) is 15.2 Å². The average molecular weight is 325 g/mol. The van der Waals surface area contributed by atoms with E-state index in [0.717, 1.165) is 0 Å². The number of aromatic nitrogens is 2. The summed E-state index contributed by atoms with van der Waals surface area (Å²) in [6.45, 7) is 1.63. The molecule has 1 aromatic carbocycles. The molecule has 6 nitrogen and oxygen atoms in total. The predicted octanol–water partition coefficient (Wildman–Crippen LogP) is 3.60. The number of aliphatic imine (C=N–C) groups is 1. The Hall–Kier alpha value is -1.92. The summed E-state index contributed by atoms with van der Waals surface area (Å²) in [5.41, 5.74) is 1.65. The molecule has 2 heterocycles. The van der Waals surface area contributed by atoms with Crippen molar-refractivity contribution in [3.8, 4) is 0 Å². The number of hydrogen-bond donors (Lipinski definition) is 1. The number of H-pyrrole nitrogens is 1. The molecule has 0 saturated heterocycles. The third-order valence-electron chi connectivity index (χ3n) is 3.56. The van der Waals surface area contributed by atoms with E-state index in [1.165, 1.54) is 0 Å². The van der Waals surface area contributed by atoms with E-state index in [0.29, 0.717) is 32.7 Å². The summed E-state index contributed by atoms with van der Waals surface area (Å²) in [5.74, 6) is -0.0518. The van der Waals surface area contributed by atoms with Crippen LogP contribution >= 0.6 is 23.2 Å². The van der Waals surface area contributed by atoms with Crippen molar-refractivity contribution in [2.75, 3.05) is 0 Å². The first-order valence-corrected chi connectivity index (χ1v) is 6.92. The fraction of sp³-hybridized carbons (Fsp3) is 0.231. The van der Waals surface area contributed by atoms with E-state index in [1.807, 2.05) is 0 Å². The van der Waals surface area contributed by atoms with Gasteiger partial charge in [0.2, 0.25) is 0 Å². The van der Waals surface area contributed by atoms with E-state index in [4.69, 9.17) is 23.2 Å². The Morgan fingerprint density at radius 2 is 2.10 bits per heavy atom. The Bertz CT molecular complexity index is 756. The molecule has 1 aliphatic rings. The lowest BCUT2D eigenvalue weighted by atomic mass is 9.82. The molecule has 0 saturated carbocycles. The van der Waals surface area contributed by atoms with Gasteiger partial charge in [-0.05, 0) is 18.6 Å². The van der Waals surface area contributed by atoms with Gasteiger partial charge >= 0.3 is 0 Å². The van der Waals surface area contributed by atoms with Crippen LogP contribution in [0.4, 0.5) is 5.82 Å². The lowest BCUT2D eigenvalue weighted by Gasteiger charge is -2.25. The fourth-order valence-electron chi connectivity index (χ4n) is 2.63. The van der Waals surface area contributed by atoms with Crippen LogP contribution in [0.3, 0.4) is 0 Å². The Morgan fingerprint density at radius 3 is 2.81 bits per heavy atom. The van der Waals surface area contributed by atoms with Crippen LogP contribution in [0.25, 0.3) is 0 Å². The number of nitrogens with zero attached hydrogens (tertiary/aromatic N) is 3. The van der Waals surface area contributed by atoms with Gasteiger partial charge in [0.25, 0.3) is 6.04 Å². The number of nitro groups is 1.